The van der Waals surface area contributed by atoms with E-state index in [1.165, 1.54) is 4.31 Å². The Kier molecular flexibility index (Phi) is 2.35. The first-order valence-electron chi connectivity index (χ1n) is 4.34. The van der Waals surface area contributed by atoms with Crippen molar-refractivity contribution in [2.24, 2.45) is 0 Å². The SMILES string of the molecule is O=C(O)CN1CCN(C2CC2)S1=O. The van der Waals surface area contributed by atoms with E-state index in [-0.39, 0.29) is 6.54 Å². The average Bonchev–Trinajstić information content (AvgIpc) is 2.81. The van der Waals surface area contributed by atoms with Gasteiger partial charge in [-0.15, -0.1) is 0 Å². The molecule has 0 aromatic rings. The lowest BCUT2D eigenvalue weighted by Gasteiger charge is -2.14. The molecule has 6 heteroatoms. The molecule has 74 valence electrons. The number of nitrogens with zero attached hydrogens (tertiary/aromatic N) is 2. The third-order valence-electron chi connectivity index (χ3n) is 2.26. The maximum Gasteiger partial charge on any atom is 0.318 e. The lowest BCUT2D eigenvalue weighted by molar-refractivity contribution is -0.137. The van der Waals surface area contributed by atoms with Gasteiger partial charge in [-0.05, 0) is 12.8 Å². The molecule has 0 aromatic heterocycles. The second kappa shape index (κ2) is 3.36. The van der Waals surface area contributed by atoms with Crippen molar-refractivity contribution < 1.29 is 14.1 Å². The summed E-state index contributed by atoms with van der Waals surface area (Å²) in [7, 11) is 0. The molecule has 2 aliphatic rings. The average molecular weight is 204 g/mol. The molecule has 1 aliphatic carbocycles. The second-order valence-corrected chi connectivity index (χ2v) is 4.81. The molecule has 1 unspecified atom stereocenters. The topological polar surface area (TPSA) is 60.9 Å². The Hall–Kier alpha value is -0.460. The Morgan fingerprint density at radius 1 is 1.46 bits per heavy atom. The van der Waals surface area contributed by atoms with E-state index in [9.17, 15) is 9.00 Å². The zero-order chi connectivity index (χ0) is 9.42. The molecule has 13 heavy (non-hydrogen) atoms. The summed E-state index contributed by atoms with van der Waals surface area (Å²) in [6.07, 6.45) is 2.21. The number of carboxylic acids is 1. The zero-order valence-corrected chi connectivity index (χ0v) is 8.00. The molecular weight excluding hydrogens is 192 g/mol. The molecule has 0 bridgehead atoms. The molecule has 0 spiro atoms. The van der Waals surface area contributed by atoms with Crippen molar-refractivity contribution in [2.75, 3.05) is 19.6 Å². The van der Waals surface area contributed by atoms with Crippen LogP contribution in [0.4, 0.5) is 0 Å². The van der Waals surface area contributed by atoms with Gasteiger partial charge in [-0.3, -0.25) is 4.79 Å². The van der Waals surface area contributed by atoms with Gasteiger partial charge in [0.15, 0.2) is 11.2 Å². The number of rotatable bonds is 3. The highest BCUT2D eigenvalue weighted by molar-refractivity contribution is 7.80. The third kappa shape index (κ3) is 1.90. The lowest BCUT2D eigenvalue weighted by Crippen LogP contribution is -2.31. The number of carbonyl (C=O) groups is 1. The summed E-state index contributed by atoms with van der Waals surface area (Å²) in [4.78, 5) is 10.4. The summed E-state index contributed by atoms with van der Waals surface area (Å²) in [5.41, 5.74) is 0. The number of hydrogen-bond acceptors (Lipinski definition) is 2. The Balaban J connectivity index is 1.93. The van der Waals surface area contributed by atoms with Gasteiger partial charge >= 0.3 is 5.97 Å². The van der Waals surface area contributed by atoms with Crippen molar-refractivity contribution in [3.8, 4) is 0 Å². The zero-order valence-electron chi connectivity index (χ0n) is 7.18. The molecule has 0 radical (unpaired) electrons. The minimum atomic E-state index is -1.20. The van der Waals surface area contributed by atoms with E-state index in [2.05, 4.69) is 0 Å². The van der Waals surface area contributed by atoms with Crippen LogP contribution in [-0.4, -0.2) is 49.6 Å². The van der Waals surface area contributed by atoms with Crippen molar-refractivity contribution in [1.82, 2.24) is 8.61 Å². The summed E-state index contributed by atoms with van der Waals surface area (Å²) >= 11 is -1.20. The van der Waals surface area contributed by atoms with Gasteiger partial charge in [0.1, 0.15) is 6.54 Å². The van der Waals surface area contributed by atoms with E-state index in [1.54, 1.807) is 0 Å². The predicted molar refractivity (Wildman–Crippen MR) is 47.1 cm³/mol. The van der Waals surface area contributed by atoms with E-state index >= 15 is 0 Å². The molecule has 1 saturated heterocycles. The summed E-state index contributed by atoms with van der Waals surface area (Å²) in [5.74, 6) is -0.911. The van der Waals surface area contributed by atoms with Gasteiger partial charge in [0.2, 0.25) is 0 Å². The van der Waals surface area contributed by atoms with Gasteiger partial charge in [-0.1, -0.05) is 0 Å². The van der Waals surface area contributed by atoms with Crippen molar-refractivity contribution in [2.45, 2.75) is 18.9 Å². The van der Waals surface area contributed by atoms with Crippen LogP contribution in [0.5, 0.6) is 0 Å². The normalized spacial score (nSPS) is 30.9. The molecular formula is C7H12N2O3S. The first-order valence-corrected chi connectivity index (χ1v) is 5.40. The minimum absolute atomic E-state index is 0.115. The van der Waals surface area contributed by atoms with Crippen LogP contribution < -0.4 is 0 Å². The predicted octanol–water partition coefficient (Wildman–Crippen LogP) is -0.570. The van der Waals surface area contributed by atoms with Crippen molar-refractivity contribution in [1.29, 1.82) is 0 Å². The first-order chi connectivity index (χ1) is 6.18. The van der Waals surface area contributed by atoms with Gasteiger partial charge in [-0.25, -0.2) is 8.51 Å². The van der Waals surface area contributed by atoms with Crippen LogP contribution >= 0.6 is 0 Å². The molecule has 1 atom stereocenters. The second-order valence-electron chi connectivity index (χ2n) is 3.36. The molecule has 1 N–H and O–H groups in total. The summed E-state index contributed by atoms with van der Waals surface area (Å²) < 4.78 is 15.0. The third-order valence-corrected chi connectivity index (χ3v) is 3.89. The molecule has 5 nitrogen and oxygen atoms in total. The van der Waals surface area contributed by atoms with E-state index in [4.69, 9.17) is 5.11 Å². The molecule has 1 heterocycles. The fourth-order valence-electron chi connectivity index (χ4n) is 1.47. The minimum Gasteiger partial charge on any atom is -0.480 e. The first kappa shape index (κ1) is 9.11. The maximum atomic E-state index is 11.6. The number of carboxylic acid groups (broad SMARTS) is 1. The van der Waals surface area contributed by atoms with Crippen molar-refractivity contribution in [3.63, 3.8) is 0 Å². The van der Waals surface area contributed by atoms with Gasteiger partial charge in [0, 0.05) is 19.1 Å². The Bertz CT molecular complexity index is 254. The van der Waals surface area contributed by atoms with Crippen LogP contribution in [-0.2, 0) is 16.0 Å². The molecule has 0 amide bonds. The van der Waals surface area contributed by atoms with Gasteiger partial charge in [-0.2, -0.15) is 4.31 Å². The molecule has 1 aliphatic heterocycles. The highest BCUT2D eigenvalue weighted by Gasteiger charge is 2.39. The fraction of sp³-hybridized carbons (Fsp3) is 0.857. The summed E-state index contributed by atoms with van der Waals surface area (Å²) in [6.45, 7) is 1.23. The van der Waals surface area contributed by atoms with Crippen LogP contribution in [0.25, 0.3) is 0 Å². The van der Waals surface area contributed by atoms with Crippen molar-refractivity contribution in [3.05, 3.63) is 0 Å². The standard InChI is InChI=1S/C7H12N2O3S/c10-7(11)5-8-3-4-9(13(8)12)6-1-2-6/h6H,1-5H2,(H,10,11). The van der Waals surface area contributed by atoms with Crippen LogP contribution in [0, 0.1) is 0 Å². The molecule has 1 saturated carbocycles. The smallest absolute Gasteiger partial charge is 0.318 e. The Morgan fingerprint density at radius 3 is 2.69 bits per heavy atom. The van der Waals surface area contributed by atoms with E-state index < -0.39 is 17.1 Å². The van der Waals surface area contributed by atoms with Crippen molar-refractivity contribution >= 4 is 17.1 Å². The van der Waals surface area contributed by atoms with Gasteiger partial charge < -0.3 is 5.11 Å². The monoisotopic (exact) mass is 204 g/mol. The quantitative estimate of drug-likeness (QED) is 0.669. The van der Waals surface area contributed by atoms with Crippen LogP contribution in [0.3, 0.4) is 0 Å². The number of hydrogen-bond donors (Lipinski definition) is 1. The van der Waals surface area contributed by atoms with Gasteiger partial charge in [0.05, 0.1) is 0 Å². The largest absolute Gasteiger partial charge is 0.480 e. The lowest BCUT2D eigenvalue weighted by atomic mass is 10.5. The van der Waals surface area contributed by atoms with E-state index in [1.807, 2.05) is 4.31 Å². The summed E-state index contributed by atoms with van der Waals surface area (Å²) in [6, 6.07) is 0.444. The molecule has 0 aromatic carbocycles. The van der Waals surface area contributed by atoms with Gasteiger partial charge in [0.25, 0.3) is 0 Å². The molecule has 2 fully saturated rings. The Morgan fingerprint density at radius 2 is 2.15 bits per heavy atom. The number of aliphatic carboxylic acids is 1. The highest BCUT2D eigenvalue weighted by Crippen LogP contribution is 2.30. The van der Waals surface area contributed by atoms with Crippen LogP contribution in [0.2, 0.25) is 0 Å². The Labute approximate surface area is 79.0 Å². The van der Waals surface area contributed by atoms with Crippen LogP contribution in [0.15, 0.2) is 0 Å². The maximum absolute atomic E-state index is 11.6. The molecule has 2 rings (SSSR count). The van der Waals surface area contributed by atoms with E-state index in [0.717, 1.165) is 19.4 Å². The van der Waals surface area contributed by atoms with E-state index in [0.29, 0.717) is 12.6 Å². The highest BCUT2D eigenvalue weighted by atomic mass is 32.2. The fourth-order valence-corrected chi connectivity index (χ4v) is 2.93. The summed E-state index contributed by atoms with van der Waals surface area (Å²) in [5, 5.41) is 8.54. The van der Waals surface area contributed by atoms with Crippen LogP contribution in [0.1, 0.15) is 12.8 Å².